The van der Waals surface area contributed by atoms with Crippen molar-refractivity contribution in [2.75, 3.05) is 5.32 Å². The Kier molecular flexibility index (Phi) is 8.50. The Morgan fingerprint density at radius 1 is 0.974 bits per heavy atom. The average molecular weight is 542 g/mol. The van der Waals surface area contributed by atoms with Crippen LogP contribution < -0.4 is 16.7 Å². The first kappa shape index (κ1) is 28.2. The van der Waals surface area contributed by atoms with Crippen LogP contribution in [0.5, 0.6) is 0 Å². The topological polar surface area (TPSA) is 187 Å². The van der Waals surface area contributed by atoms with Gasteiger partial charge >= 0.3 is 23.8 Å². The molecule has 202 valence electrons. The molecule has 0 aliphatic heterocycles. The standard InChI is InChI=1S/C23H20N6O3.C2HF3O2/c24-20(25)15-10-12-16(13-11-15)26-19(14-6-2-1-3-7-14)21-27-23(32)29(28-21)18-9-5-4-8-17(18)22(30)31;3-2(4,5)1(6)7/h1-13,19,26H,(H3,24,25)(H,30,31)(H,27,28,32);(H,6,7). The summed E-state index contributed by atoms with van der Waals surface area (Å²) in [5.41, 5.74) is 7.27. The Balaban J connectivity index is 0.000000532. The number of nitrogens with two attached hydrogens (primary N) is 1. The van der Waals surface area contributed by atoms with Crippen LogP contribution in [0.15, 0.2) is 83.7 Å². The summed E-state index contributed by atoms with van der Waals surface area (Å²) in [6, 6.07) is 22.1. The number of halogens is 3. The Labute approximate surface area is 217 Å². The maximum atomic E-state index is 12.7. The van der Waals surface area contributed by atoms with Gasteiger partial charge in [0.25, 0.3) is 0 Å². The van der Waals surface area contributed by atoms with E-state index in [-0.39, 0.29) is 17.1 Å². The number of carboxylic acids is 2. The number of benzene rings is 3. The lowest BCUT2D eigenvalue weighted by atomic mass is 10.1. The van der Waals surface area contributed by atoms with Crippen molar-refractivity contribution >= 4 is 23.5 Å². The van der Waals surface area contributed by atoms with E-state index in [0.717, 1.165) is 15.9 Å². The third-order valence-corrected chi connectivity index (χ3v) is 5.15. The normalized spacial score (nSPS) is 11.6. The highest BCUT2D eigenvalue weighted by molar-refractivity contribution is 5.95. The van der Waals surface area contributed by atoms with Gasteiger partial charge < -0.3 is 21.3 Å². The SMILES string of the molecule is N=C(N)c1ccc(NC(c2ccccc2)c2nn(-c3ccccc3C(=O)O)c(=O)[nH]2)cc1.O=C(O)C(F)(F)F. The van der Waals surface area contributed by atoms with Crippen LogP contribution in [0.2, 0.25) is 0 Å². The lowest BCUT2D eigenvalue weighted by Gasteiger charge is -2.18. The molecule has 0 bridgehead atoms. The number of alkyl halides is 3. The van der Waals surface area contributed by atoms with E-state index >= 15 is 0 Å². The number of nitrogens with one attached hydrogen (secondary N) is 3. The number of aliphatic carboxylic acids is 1. The zero-order chi connectivity index (χ0) is 28.7. The van der Waals surface area contributed by atoms with E-state index in [0.29, 0.717) is 11.4 Å². The smallest absolute Gasteiger partial charge is 0.478 e. The van der Waals surface area contributed by atoms with Gasteiger partial charge in [-0.25, -0.2) is 14.4 Å². The molecule has 3 aromatic carbocycles. The summed E-state index contributed by atoms with van der Waals surface area (Å²) in [4.78, 5) is 35.9. The number of para-hydroxylation sites is 1. The fraction of sp³-hybridized carbons (Fsp3) is 0.0800. The number of nitrogen functional groups attached to an aromatic ring is 1. The molecule has 1 heterocycles. The molecule has 39 heavy (non-hydrogen) atoms. The summed E-state index contributed by atoms with van der Waals surface area (Å²) in [6.45, 7) is 0. The molecule has 0 saturated carbocycles. The van der Waals surface area contributed by atoms with Crippen molar-refractivity contribution in [2.24, 2.45) is 5.73 Å². The van der Waals surface area contributed by atoms with Crippen molar-refractivity contribution in [3.05, 3.63) is 112 Å². The van der Waals surface area contributed by atoms with Crippen LogP contribution in [0.3, 0.4) is 0 Å². The minimum absolute atomic E-state index is 0.0308. The Bertz CT molecular complexity index is 1530. The number of rotatable bonds is 7. The number of anilines is 1. The van der Waals surface area contributed by atoms with Crippen LogP contribution in [-0.2, 0) is 4.79 Å². The number of nitrogens with zero attached hydrogens (tertiary/aromatic N) is 2. The molecule has 0 radical (unpaired) electrons. The van der Waals surface area contributed by atoms with Gasteiger partial charge in [-0.15, -0.1) is 5.10 Å². The Morgan fingerprint density at radius 2 is 1.54 bits per heavy atom. The van der Waals surface area contributed by atoms with Crippen molar-refractivity contribution in [1.82, 2.24) is 14.8 Å². The highest BCUT2D eigenvalue weighted by atomic mass is 19.4. The highest BCUT2D eigenvalue weighted by Crippen LogP contribution is 2.25. The van der Waals surface area contributed by atoms with Gasteiger partial charge in [-0.2, -0.15) is 17.9 Å². The van der Waals surface area contributed by atoms with E-state index in [4.69, 9.17) is 21.0 Å². The van der Waals surface area contributed by atoms with Crippen molar-refractivity contribution in [3.8, 4) is 5.69 Å². The maximum absolute atomic E-state index is 12.7. The molecule has 0 aliphatic carbocycles. The second-order valence-corrected chi connectivity index (χ2v) is 7.83. The maximum Gasteiger partial charge on any atom is 0.490 e. The van der Waals surface area contributed by atoms with E-state index in [1.54, 1.807) is 36.4 Å². The van der Waals surface area contributed by atoms with Crippen LogP contribution in [0.1, 0.15) is 33.4 Å². The van der Waals surface area contributed by atoms with Gasteiger partial charge in [-0.1, -0.05) is 42.5 Å². The first-order chi connectivity index (χ1) is 18.4. The van der Waals surface area contributed by atoms with Gasteiger partial charge in [-0.05, 0) is 42.0 Å². The molecule has 11 nitrogen and oxygen atoms in total. The van der Waals surface area contributed by atoms with Gasteiger partial charge in [0.1, 0.15) is 11.9 Å². The number of hydrogen-bond acceptors (Lipinski definition) is 6. The molecule has 0 aliphatic rings. The molecule has 4 rings (SSSR count). The fourth-order valence-electron chi connectivity index (χ4n) is 3.34. The molecule has 0 spiro atoms. The minimum Gasteiger partial charge on any atom is -0.478 e. The summed E-state index contributed by atoms with van der Waals surface area (Å²) in [6.07, 6.45) is -5.08. The molecule has 1 unspecified atom stereocenters. The van der Waals surface area contributed by atoms with Crippen molar-refractivity contribution < 1.29 is 33.0 Å². The van der Waals surface area contributed by atoms with Crippen LogP contribution in [0, 0.1) is 5.41 Å². The molecule has 0 fully saturated rings. The van der Waals surface area contributed by atoms with E-state index in [9.17, 15) is 27.9 Å². The third kappa shape index (κ3) is 7.09. The highest BCUT2D eigenvalue weighted by Gasteiger charge is 2.38. The second kappa shape index (κ2) is 11.8. The second-order valence-electron chi connectivity index (χ2n) is 7.83. The Hall–Kier alpha value is -5.40. The molecule has 0 saturated heterocycles. The number of aromatic carboxylic acids is 1. The molecule has 1 atom stereocenters. The molecule has 0 amide bonds. The lowest BCUT2D eigenvalue weighted by Crippen LogP contribution is -2.21. The molecule has 4 aromatic rings. The van der Waals surface area contributed by atoms with Crippen molar-refractivity contribution in [3.63, 3.8) is 0 Å². The van der Waals surface area contributed by atoms with E-state index in [2.05, 4.69) is 15.4 Å². The summed E-state index contributed by atoms with van der Waals surface area (Å²) >= 11 is 0. The summed E-state index contributed by atoms with van der Waals surface area (Å²) in [7, 11) is 0. The van der Waals surface area contributed by atoms with Crippen molar-refractivity contribution in [1.29, 1.82) is 5.41 Å². The largest absolute Gasteiger partial charge is 0.490 e. The van der Waals surface area contributed by atoms with E-state index in [1.165, 1.54) is 12.1 Å². The van der Waals surface area contributed by atoms with E-state index < -0.39 is 29.8 Å². The number of H-pyrrole nitrogens is 1. The van der Waals surface area contributed by atoms with Gasteiger partial charge in [0.05, 0.1) is 11.3 Å². The summed E-state index contributed by atoms with van der Waals surface area (Å²) in [5.74, 6) is -3.62. The molecule has 1 aromatic heterocycles. The predicted octanol–water partition coefficient (Wildman–Crippen LogP) is 3.38. The van der Waals surface area contributed by atoms with Crippen molar-refractivity contribution in [2.45, 2.75) is 12.2 Å². The quantitative estimate of drug-likeness (QED) is 0.151. The van der Waals surface area contributed by atoms with Crippen LogP contribution in [0.4, 0.5) is 18.9 Å². The van der Waals surface area contributed by atoms with Gasteiger partial charge in [0.2, 0.25) is 0 Å². The number of amidine groups is 1. The van der Waals surface area contributed by atoms with Gasteiger partial charge in [0, 0.05) is 11.3 Å². The number of hydrogen-bond donors (Lipinski definition) is 6. The number of carbonyl (C=O) groups is 2. The Morgan fingerprint density at radius 3 is 2.08 bits per heavy atom. The van der Waals surface area contributed by atoms with Crippen LogP contribution in [-0.4, -0.2) is 48.9 Å². The number of aromatic amines is 1. The average Bonchev–Trinajstić information content (AvgIpc) is 3.28. The monoisotopic (exact) mass is 542 g/mol. The fourth-order valence-corrected chi connectivity index (χ4v) is 3.34. The number of carboxylic acid groups (broad SMARTS) is 2. The summed E-state index contributed by atoms with van der Waals surface area (Å²) < 4.78 is 32.8. The molecule has 14 heteroatoms. The number of aromatic nitrogens is 3. The zero-order valence-electron chi connectivity index (χ0n) is 19.8. The third-order valence-electron chi connectivity index (χ3n) is 5.15. The molecule has 7 N–H and O–H groups in total. The predicted molar refractivity (Wildman–Crippen MR) is 134 cm³/mol. The van der Waals surface area contributed by atoms with Crippen LogP contribution in [0.25, 0.3) is 5.69 Å². The van der Waals surface area contributed by atoms with Crippen LogP contribution >= 0.6 is 0 Å². The molecular weight excluding hydrogens is 521 g/mol. The minimum atomic E-state index is -5.08. The van der Waals surface area contributed by atoms with Gasteiger partial charge in [0.15, 0.2) is 5.82 Å². The summed E-state index contributed by atoms with van der Waals surface area (Å²) in [5, 5.41) is 31.9. The molecular formula is C25H21F3N6O5. The lowest BCUT2D eigenvalue weighted by molar-refractivity contribution is -0.192. The zero-order valence-corrected chi connectivity index (χ0v) is 19.8. The first-order valence-electron chi connectivity index (χ1n) is 11.0. The van der Waals surface area contributed by atoms with E-state index in [1.807, 2.05) is 30.3 Å². The van der Waals surface area contributed by atoms with Gasteiger partial charge in [-0.3, -0.25) is 10.4 Å². The first-order valence-corrected chi connectivity index (χ1v) is 11.0.